The molecule has 0 amide bonds. The van der Waals surface area contributed by atoms with Gasteiger partial charge in [0.15, 0.2) is 5.96 Å². The predicted molar refractivity (Wildman–Crippen MR) is 114 cm³/mol. The van der Waals surface area contributed by atoms with Gasteiger partial charge in [-0.05, 0) is 24.6 Å². The smallest absolute Gasteiger partial charge is 0.194 e. The number of halogens is 1. The zero-order valence-electron chi connectivity index (χ0n) is 15.2. The highest BCUT2D eigenvalue weighted by atomic mass is 127. The fourth-order valence-electron chi connectivity index (χ4n) is 2.59. The van der Waals surface area contributed by atoms with Crippen molar-refractivity contribution in [2.24, 2.45) is 12.0 Å². The van der Waals surface area contributed by atoms with Crippen LogP contribution in [0.15, 0.2) is 53.7 Å². The van der Waals surface area contributed by atoms with E-state index in [0.717, 1.165) is 24.6 Å². The van der Waals surface area contributed by atoms with Crippen LogP contribution >= 0.6 is 24.0 Å². The first-order valence-electron chi connectivity index (χ1n) is 8.41. The van der Waals surface area contributed by atoms with E-state index in [1.54, 1.807) is 0 Å². The number of benzene rings is 1. The van der Waals surface area contributed by atoms with Crippen LogP contribution in [0.3, 0.4) is 0 Å². The summed E-state index contributed by atoms with van der Waals surface area (Å²) in [5.41, 5.74) is 2.34. The molecule has 5 nitrogen and oxygen atoms in total. The van der Waals surface area contributed by atoms with E-state index in [-0.39, 0.29) is 24.0 Å². The molecule has 1 aromatic carbocycles. The molecule has 0 bridgehead atoms. The molecule has 1 unspecified atom stereocenters. The highest BCUT2D eigenvalue weighted by molar-refractivity contribution is 14.0. The lowest BCUT2D eigenvalue weighted by atomic mass is 10.1. The number of aromatic nitrogens is 1. The number of aliphatic hydroxyl groups excluding tert-OH is 1. The first kappa shape index (κ1) is 21.5. The number of hydrogen-bond acceptors (Lipinski definition) is 2. The monoisotopic (exact) mass is 456 g/mol. The van der Waals surface area contributed by atoms with Crippen LogP contribution in [0.1, 0.15) is 18.2 Å². The number of hydrogen-bond donors (Lipinski definition) is 2. The molecule has 2 rings (SSSR count). The van der Waals surface area contributed by atoms with Crippen LogP contribution in [0.5, 0.6) is 0 Å². The van der Waals surface area contributed by atoms with E-state index >= 15 is 0 Å². The summed E-state index contributed by atoms with van der Waals surface area (Å²) in [7, 11) is 4.05. The van der Waals surface area contributed by atoms with Crippen molar-refractivity contribution in [2.75, 3.05) is 20.1 Å². The van der Waals surface area contributed by atoms with E-state index in [9.17, 15) is 5.11 Å². The number of aryl methyl sites for hydroxylation is 1. The second-order valence-corrected chi connectivity index (χ2v) is 6.00. The molecule has 0 aliphatic carbocycles. The van der Waals surface area contributed by atoms with E-state index in [0.29, 0.717) is 13.0 Å². The molecule has 6 heteroatoms. The number of aliphatic hydroxyl groups is 1. The van der Waals surface area contributed by atoms with Crippen molar-refractivity contribution in [1.29, 1.82) is 0 Å². The van der Waals surface area contributed by atoms with Gasteiger partial charge in [0.25, 0.3) is 0 Å². The number of guanidine groups is 1. The zero-order valence-corrected chi connectivity index (χ0v) is 17.6. The van der Waals surface area contributed by atoms with E-state index < -0.39 is 6.10 Å². The van der Waals surface area contributed by atoms with Gasteiger partial charge in [0.1, 0.15) is 0 Å². The number of aliphatic imine (C=N–C) groups is 1. The minimum Gasteiger partial charge on any atom is -0.391 e. The number of nitrogens with one attached hydrogen (secondary N) is 1. The van der Waals surface area contributed by atoms with Crippen molar-refractivity contribution in [3.8, 4) is 0 Å². The molecule has 2 aromatic rings. The molecule has 0 saturated carbocycles. The van der Waals surface area contributed by atoms with Gasteiger partial charge in [-0.3, -0.25) is 4.99 Å². The summed E-state index contributed by atoms with van der Waals surface area (Å²) >= 11 is 0. The molecule has 0 radical (unpaired) electrons. The standard InChI is InChI=1S/C19H28N4O.HI/c1-4-20-19(23(3)15-17-11-8-12-22(17)2)21-14-18(24)13-16-9-6-5-7-10-16;/h5-12,18,24H,4,13-15H2,1-3H3,(H,20,21);1H. The molecule has 138 valence electrons. The molecule has 1 heterocycles. The fraction of sp³-hybridized carbons (Fsp3) is 0.421. The molecule has 0 aliphatic heterocycles. The number of nitrogens with zero attached hydrogens (tertiary/aromatic N) is 3. The van der Waals surface area contributed by atoms with Crippen LogP contribution < -0.4 is 5.32 Å². The van der Waals surface area contributed by atoms with Gasteiger partial charge in [-0.25, -0.2) is 0 Å². The summed E-state index contributed by atoms with van der Waals surface area (Å²) in [6.07, 6.45) is 2.17. The minimum atomic E-state index is -0.482. The lowest BCUT2D eigenvalue weighted by molar-refractivity contribution is 0.183. The van der Waals surface area contributed by atoms with E-state index in [2.05, 4.69) is 25.8 Å². The van der Waals surface area contributed by atoms with Crippen molar-refractivity contribution in [2.45, 2.75) is 26.0 Å². The second-order valence-electron chi connectivity index (χ2n) is 6.00. The Morgan fingerprint density at radius 2 is 1.96 bits per heavy atom. The number of rotatable bonds is 7. The molecule has 1 aromatic heterocycles. The van der Waals surface area contributed by atoms with E-state index in [1.165, 1.54) is 5.69 Å². The SMILES string of the molecule is CCNC(=NCC(O)Cc1ccccc1)N(C)Cc1cccn1C.I. The Hall–Kier alpha value is -1.54. The highest BCUT2D eigenvalue weighted by Gasteiger charge is 2.10. The summed E-state index contributed by atoms with van der Waals surface area (Å²) in [6.45, 7) is 4.00. The Morgan fingerprint density at radius 3 is 2.56 bits per heavy atom. The third kappa shape index (κ3) is 7.07. The van der Waals surface area contributed by atoms with E-state index in [4.69, 9.17) is 0 Å². The minimum absolute atomic E-state index is 0. The van der Waals surface area contributed by atoms with Crippen LogP contribution in [-0.2, 0) is 20.0 Å². The maximum Gasteiger partial charge on any atom is 0.194 e. The van der Waals surface area contributed by atoms with Crippen molar-refractivity contribution in [3.63, 3.8) is 0 Å². The Labute approximate surface area is 167 Å². The molecule has 0 spiro atoms. The van der Waals surface area contributed by atoms with Gasteiger partial charge in [-0.2, -0.15) is 0 Å². The van der Waals surface area contributed by atoms with Crippen LogP contribution in [0.25, 0.3) is 0 Å². The van der Waals surface area contributed by atoms with Gasteiger partial charge >= 0.3 is 0 Å². The predicted octanol–water partition coefficient (Wildman–Crippen LogP) is 2.64. The molecule has 25 heavy (non-hydrogen) atoms. The molecule has 1 atom stereocenters. The van der Waals surface area contributed by atoms with Crippen molar-refractivity contribution >= 4 is 29.9 Å². The lowest BCUT2D eigenvalue weighted by Gasteiger charge is -2.23. The van der Waals surface area contributed by atoms with Crippen molar-refractivity contribution in [3.05, 3.63) is 59.9 Å². The summed E-state index contributed by atoms with van der Waals surface area (Å²) in [4.78, 5) is 6.67. The summed E-state index contributed by atoms with van der Waals surface area (Å²) in [5.74, 6) is 0.811. The Bertz CT molecular complexity index is 642. The topological polar surface area (TPSA) is 52.8 Å². The average Bonchev–Trinajstić information content (AvgIpc) is 2.97. The third-order valence-corrected chi connectivity index (χ3v) is 3.91. The van der Waals surface area contributed by atoms with Gasteiger partial charge in [-0.15, -0.1) is 24.0 Å². The van der Waals surface area contributed by atoms with Gasteiger partial charge < -0.3 is 19.9 Å². The molecule has 0 aliphatic rings. The first-order valence-corrected chi connectivity index (χ1v) is 8.41. The van der Waals surface area contributed by atoms with Crippen molar-refractivity contribution < 1.29 is 5.11 Å². The van der Waals surface area contributed by atoms with Crippen LogP contribution in [0.2, 0.25) is 0 Å². The summed E-state index contributed by atoms with van der Waals surface area (Å²) in [6, 6.07) is 14.2. The van der Waals surface area contributed by atoms with Gasteiger partial charge in [0.05, 0.1) is 19.2 Å². The van der Waals surface area contributed by atoms with Gasteiger partial charge in [0.2, 0.25) is 0 Å². The Kier molecular flexibility index (Phi) is 9.59. The quantitative estimate of drug-likeness (QED) is 0.383. The average molecular weight is 456 g/mol. The molecule has 0 saturated heterocycles. The Morgan fingerprint density at radius 1 is 1.24 bits per heavy atom. The van der Waals surface area contributed by atoms with Crippen LogP contribution in [0, 0.1) is 0 Å². The van der Waals surface area contributed by atoms with Crippen molar-refractivity contribution in [1.82, 2.24) is 14.8 Å². The van der Waals surface area contributed by atoms with Gasteiger partial charge in [0, 0.05) is 39.0 Å². The molecular formula is C19H29IN4O. The Balaban J connectivity index is 0.00000312. The highest BCUT2D eigenvalue weighted by Crippen LogP contribution is 2.06. The summed E-state index contributed by atoms with van der Waals surface area (Å²) < 4.78 is 2.10. The van der Waals surface area contributed by atoms with Crippen LogP contribution in [0.4, 0.5) is 0 Å². The van der Waals surface area contributed by atoms with Crippen LogP contribution in [-0.4, -0.2) is 46.8 Å². The normalized spacial score (nSPS) is 12.4. The second kappa shape index (κ2) is 11.1. The maximum absolute atomic E-state index is 10.2. The molecular weight excluding hydrogens is 427 g/mol. The fourth-order valence-corrected chi connectivity index (χ4v) is 2.59. The van der Waals surface area contributed by atoms with Gasteiger partial charge in [-0.1, -0.05) is 30.3 Å². The van der Waals surface area contributed by atoms with E-state index in [1.807, 2.05) is 63.6 Å². The largest absolute Gasteiger partial charge is 0.391 e. The first-order chi connectivity index (χ1) is 11.6. The zero-order chi connectivity index (χ0) is 17.4. The molecule has 0 fully saturated rings. The maximum atomic E-state index is 10.2. The lowest BCUT2D eigenvalue weighted by Crippen LogP contribution is -2.39. The third-order valence-electron chi connectivity index (χ3n) is 3.91. The molecule has 2 N–H and O–H groups in total. The summed E-state index contributed by atoms with van der Waals surface area (Å²) in [5, 5.41) is 13.5.